The molecule has 2 heterocycles. The van der Waals surface area contributed by atoms with Crippen molar-refractivity contribution in [3.8, 4) is 0 Å². The number of hydrogen-bond acceptors (Lipinski definition) is 17. The van der Waals surface area contributed by atoms with Gasteiger partial charge in [0.2, 0.25) is 11.8 Å². The highest BCUT2D eigenvalue weighted by atomic mass is 31.2. The summed E-state index contributed by atoms with van der Waals surface area (Å²) in [6.07, 6.45) is -19.1. The average molecular weight is 737 g/mol. The van der Waals surface area contributed by atoms with Crippen LogP contribution in [-0.2, 0) is 52.0 Å². The van der Waals surface area contributed by atoms with E-state index in [0.29, 0.717) is 0 Å². The third-order valence-corrected chi connectivity index (χ3v) is 7.45. The molecule has 0 aromatic carbocycles. The number of nitrogens with one attached hydrogen (secondary N) is 2. The molecular formula is C27H49N2O19P. The highest BCUT2D eigenvalue weighted by Gasteiger charge is 2.53. The first-order chi connectivity index (χ1) is 22.2. The minimum atomic E-state index is -5.40. The number of carbonyl (C=O) groups excluding carboxylic acids is 4. The largest absolute Gasteiger partial charge is 0.470 e. The molecule has 21 nitrogen and oxygen atoms in total. The SMILES string of the molecule is C.CC(=O)O[C@H](C)CC(=O)O[C@@H]1C(NC(=O)C[C@@H](C)O)[C@H](OCC2O[C@H](O)C(NC(=O)C[C@@H](C)O)[C@@H](O)[C@@H]2O)OC(CO)[C@H]1OP(=O)(O)O. The van der Waals surface area contributed by atoms with Crippen molar-refractivity contribution in [3.05, 3.63) is 0 Å². The standard InChI is InChI=1S/C26H45N2O19P.CH4/c1-10(30)5-16(33)27-19-22(37)21(36)15(44-25(19)38)9-42-26-20(28-17(34)6-11(2)31)24(46-18(35)7-12(3)43-13(4)32)23(14(8-29)45-26)47-48(39,40)41;/h10-12,14-15,19-26,29-31,36-38H,5-9H2,1-4H3,(H,27,33)(H,28,34)(H2,39,40,41);1H4/t10-,11-,12-,14?,15?,19?,20?,21-,22-,23-,24-,25+,26-;/m1./s1. The van der Waals surface area contributed by atoms with Crippen LogP contribution in [0.4, 0.5) is 0 Å². The van der Waals surface area contributed by atoms with Crippen LogP contribution in [0.3, 0.4) is 0 Å². The molecule has 2 aliphatic heterocycles. The van der Waals surface area contributed by atoms with Crippen molar-refractivity contribution in [2.75, 3.05) is 13.2 Å². The maximum Gasteiger partial charge on any atom is 0.470 e. The first-order valence-electron chi connectivity index (χ1n) is 14.8. The number of phosphoric ester groups is 1. The Hall–Kier alpha value is -2.37. The summed E-state index contributed by atoms with van der Waals surface area (Å²) >= 11 is 0. The van der Waals surface area contributed by atoms with E-state index in [1.54, 1.807) is 0 Å². The van der Waals surface area contributed by atoms with Gasteiger partial charge in [0, 0.05) is 6.92 Å². The fraction of sp³-hybridized carbons (Fsp3) is 0.852. The maximum atomic E-state index is 12.9. The Balaban J connectivity index is 0.0000120. The van der Waals surface area contributed by atoms with E-state index < -0.39 is 137 Å². The van der Waals surface area contributed by atoms with Gasteiger partial charge < -0.3 is 74.7 Å². The Labute approximate surface area is 282 Å². The minimum absolute atomic E-state index is 0. The van der Waals surface area contributed by atoms with Crippen molar-refractivity contribution in [3.63, 3.8) is 0 Å². The lowest BCUT2D eigenvalue weighted by Gasteiger charge is -2.46. The third-order valence-electron chi connectivity index (χ3n) is 6.94. The summed E-state index contributed by atoms with van der Waals surface area (Å²) in [4.78, 5) is 68.2. The summed E-state index contributed by atoms with van der Waals surface area (Å²) in [5.41, 5.74) is 0. The van der Waals surface area contributed by atoms with E-state index in [2.05, 4.69) is 10.6 Å². The number of aliphatic hydroxyl groups excluding tert-OH is 6. The first-order valence-corrected chi connectivity index (χ1v) is 16.4. The molecule has 0 aliphatic carbocycles. The van der Waals surface area contributed by atoms with E-state index in [-0.39, 0.29) is 13.8 Å². The zero-order valence-electron chi connectivity index (χ0n) is 26.6. The van der Waals surface area contributed by atoms with Crippen LogP contribution in [0, 0.1) is 0 Å². The number of aliphatic hydroxyl groups is 6. The monoisotopic (exact) mass is 736 g/mol. The van der Waals surface area contributed by atoms with Gasteiger partial charge in [-0.1, -0.05) is 7.43 Å². The molecule has 286 valence electrons. The van der Waals surface area contributed by atoms with E-state index in [1.807, 2.05) is 0 Å². The van der Waals surface area contributed by atoms with Crippen molar-refractivity contribution < 1.29 is 92.4 Å². The first kappa shape index (κ1) is 44.7. The van der Waals surface area contributed by atoms with Crippen LogP contribution >= 0.6 is 7.82 Å². The molecule has 2 saturated heterocycles. The van der Waals surface area contributed by atoms with E-state index in [0.717, 1.165) is 6.92 Å². The molecule has 10 N–H and O–H groups in total. The molecule has 0 spiro atoms. The molecule has 49 heavy (non-hydrogen) atoms. The molecule has 2 aliphatic rings. The lowest BCUT2D eigenvalue weighted by Crippen LogP contribution is -2.67. The molecule has 0 aromatic heterocycles. The summed E-state index contributed by atoms with van der Waals surface area (Å²) in [6, 6.07) is -3.23. The van der Waals surface area contributed by atoms with Crippen molar-refractivity contribution in [1.29, 1.82) is 0 Å². The van der Waals surface area contributed by atoms with Crippen molar-refractivity contribution in [2.45, 2.75) is 134 Å². The molecule has 2 fully saturated rings. The lowest BCUT2D eigenvalue weighted by atomic mass is 9.95. The quantitative estimate of drug-likeness (QED) is 0.0534. The zero-order valence-corrected chi connectivity index (χ0v) is 27.5. The number of hydrogen-bond donors (Lipinski definition) is 10. The van der Waals surface area contributed by atoms with Crippen LogP contribution < -0.4 is 10.6 Å². The van der Waals surface area contributed by atoms with Crippen LogP contribution in [0.15, 0.2) is 0 Å². The molecule has 0 saturated carbocycles. The van der Waals surface area contributed by atoms with Gasteiger partial charge in [0.15, 0.2) is 18.7 Å². The van der Waals surface area contributed by atoms with Crippen LogP contribution in [0.2, 0.25) is 0 Å². The summed E-state index contributed by atoms with van der Waals surface area (Å²) in [7, 11) is -5.40. The van der Waals surface area contributed by atoms with Gasteiger partial charge in [0.05, 0.1) is 44.7 Å². The Morgan fingerprint density at radius 1 is 0.837 bits per heavy atom. The minimum Gasteiger partial charge on any atom is -0.462 e. The molecular weight excluding hydrogens is 687 g/mol. The van der Waals surface area contributed by atoms with Crippen molar-refractivity contribution in [1.82, 2.24) is 10.6 Å². The Kier molecular flexibility index (Phi) is 18.1. The highest BCUT2D eigenvalue weighted by Crippen LogP contribution is 2.42. The van der Waals surface area contributed by atoms with E-state index >= 15 is 0 Å². The van der Waals surface area contributed by atoms with E-state index in [1.165, 1.54) is 20.8 Å². The van der Waals surface area contributed by atoms with Crippen LogP contribution in [0.5, 0.6) is 0 Å². The fourth-order valence-electron chi connectivity index (χ4n) is 4.99. The third kappa shape index (κ3) is 14.4. The predicted octanol–water partition coefficient (Wildman–Crippen LogP) is -3.96. The number of esters is 2. The normalized spacial score (nSPS) is 32.1. The topological polar surface area (TPSA) is 327 Å². The maximum absolute atomic E-state index is 12.9. The number of rotatable bonds is 16. The second kappa shape index (κ2) is 19.9. The van der Waals surface area contributed by atoms with Gasteiger partial charge in [-0.25, -0.2) is 4.57 Å². The zero-order chi connectivity index (χ0) is 36.5. The van der Waals surface area contributed by atoms with Gasteiger partial charge in [-0.3, -0.25) is 23.7 Å². The smallest absolute Gasteiger partial charge is 0.462 e. The molecule has 0 radical (unpaired) electrons. The van der Waals surface area contributed by atoms with Gasteiger partial charge in [-0.2, -0.15) is 0 Å². The molecule has 13 atom stereocenters. The Bertz CT molecular complexity index is 1140. The van der Waals surface area contributed by atoms with Crippen LogP contribution in [0.25, 0.3) is 0 Å². The molecule has 2 rings (SSSR count). The van der Waals surface area contributed by atoms with Crippen LogP contribution in [0.1, 0.15) is 54.4 Å². The summed E-state index contributed by atoms with van der Waals surface area (Å²) in [6.45, 7) is 3.29. The van der Waals surface area contributed by atoms with Crippen molar-refractivity contribution in [2.24, 2.45) is 0 Å². The average Bonchev–Trinajstić information content (AvgIpc) is 2.92. The number of amides is 2. The predicted molar refractivity (Wildman–Crippen MR) is 160 cm³/mol. The number of phosphoric acid groups is 1. The fourth-order valence-corrected chi connectivity index (χ4v) is 5.56. The van der Waals surface area contributed by atoms with Crippen molar-refractivity contribution >= 4 is 31.6 Å². The van der Waals surface area contributed by atoms with Gasteiger partial charge in [-0.15, -0.1) is 0 Å². The van der Waals surface area contributed by atoms with E-state index in [9.17, 15) is 64.2 Å². The molecule has 0 bridgehead atoms. The highest BCUT2D eigenvalue weighted by molar-refractivity contribution is 7.46. The second-order valence-electron chi connectivity index (χ2n) is 11.5. The summed E-state index contributed by atoms with van der Waals surface area (Å²) in [5.74, 6) is -3.50. The Morgan fingerprint density at radius 2 is 1.39 bits per heavy atom. The number of carbonyl (C=O) groups is 4. The molecule has 0 aromatic rings. The van der Waals surface area contributed by atoms with Gasteiger partial charge in [-0.05, 0) is 20.8 Å². The van der Waals surface area contributed by atoms with Crippen LogP contribution in [-0.4, -0.2) is 157 Å². The molecule has 2 amide bonds. The summed E-state index contributed by atoms with van der Waals surface area (Å²) in [5, 5.41) is 65.5. The van der Waals surface area contributed by atoms with Gasteiger partial charge in [0.25, 0.3) is 0 Å². The number of ether oxygens (including phenoxy) is 5. The second-order valence-corrected chi connectivity index (χ2v) is 12.7. The molecule has 4 unspecified atom stereocenters. The van der Waals surface area contributed by atoms with Gasteiger partial charge in [0.1, 0.15) is 48.7 Å². The van der Waals surface area contributed by atoms with E-state index in [4.69, 9.17) is 28.2 Å². The Morgan fingerprint density at radius 3 is 1.88 bits per heavy atom. The lowest BCUT2D eigenvalue weighted by molar-refractivity contribution is -0.297. The summed E-state index contributed by atoms with van der Waals surface area (Å²) < 4.78 is 43.6. The molecule has 22 heteroatoms. The van der Waals surface area contributed by atoms with Gasteiger partial charge >= 0.3 is 19.8 Å².